The minimum atomic E-state index is 0.250. The van der Waals surface area contributed by atoms with Crippen molar-refractivity contribution in [2.75, 3.05) is 6.54 Å². The van der Waals surface area contributed by atoms with Gasteiger partial charge in [-0.15, -0.1) is 0 Å². The smallest absolute Gasteiger partial charge is 0.209 e. The zero-order valence-electron chi connectivity index (χ0n) is 17.5. The summed E-state index contributed by atoms with van der Waals surface area (Å²) in [7, 11) is 0. The molecule has 0 saturated heterocycles. The Labute approximate surface area is 191 Å². The first kappa shape index (κ1) is 21.5. The maximum Gasteiger partial charge on any atom is 0.209 e. The predicted octanol–water partition coefficient (Wildman–Crippen LogP) is 4.88. The van der Waals surface area contributed by atoms with Crippen molar-refractivity contribution in [3.05, 3.63) is 101 Å². The van der Waals surface area contributed by atoms with Crippen molar-refractivity contribution in [3.8, 4) is 5.75 Å². The third-order valence-corrected chi connectivity index (χ3v) is 5.31. The number of guanidine groups is 1. The van der Waals surface area contributed by atoms with Crippen LogP contribution in [0.15, 0.2) is 89.1 Å². The Morgan fingerprint density at radius 3 is 2.72 bits per heavy atom. The molecule has 6 nitrogen and oxygen atoms in total. The van der Waals surface area contributed by atoms with Crippen LogP contribution >= 0.6 is 11.6 Å². The molecule has 0 saturated carbocycles. The average Bonchev–Trinajstić information content (AvgIpc) is 3.22. The van der Waals surface area contributed by atoms with Gasteiger partial charge in [-0.2, -0.15) is 5.10 Å². The fourth-order valence-electron chi connectivity index (χ4n) is 3.26. The number of hydrogen-bond acceptors (Lipinski definition) is 3. The SMILES string of the molecule is NC(=NCCc1ccccc1Cl)N/N=C/c1c[nH]c2ccc(OCc3ccccc3)cc12. The highest BCUT2D eigenvalue weighted by Gasteiger charge is 2.04. The van der Waals surface area contributed by atoms with Gasteiger partial charge in [0.1, 0.15) is 12.4 Å². The Bertz CT molecular complexity index is 1230. The van der Waals surface area contributed by atoms with E-state index >= 15 is 0 Å². The van der Waals surface area contributed by atoms with Crippen molar-refractivity contribution in [2.45, 2.75) is 13.0 Å². The zero-order chi connectivity index (χ0) is 22.2. The summed E-state index contributed by atoms with van der Waals surface area (Å²) in [4.78, 5) is 7.53. The van der Waals surface area contributed by atoms with Crippen molar-refractivity contribution < 1.29 is 4.74 Å². The normalized spacial score (nSPS) is 11.8. The van der Waals surface area contributed by atoms with Gasteiger partial charge in [-0.3, -0.25) is 4.99 Å². The number of H-pyrrole nitrogens is 1. The van der Waals surface area contributed by atoms with Gasteiger partial charge >= 0.3 is 0 Å². The Morgan fingerprint density at radius 1 is 1.06 bits per heavy atom. The number of aliphatic imine (C=N–C) groups is 1. The van der Waals surface area contributed by atoms with Crippen molar-refractivity contribution in [1.82, 2.24) is 10.4 Å². The van der Waals surface area contributed by atoms with Gasteiger partial charge in [-0.1, -0.05) is 60.1 Å². The molecule has 4 rings (SSSR count). The van der Waals surface area contributed by atoms with Crippen LogP contribution in [0.4, 0.5) is 0 Å². The number of ether oxygens (including phenoxy) is 1. The Balaban J connectivity index is 1.35. The van der Waals surface area contributed by atoms with E-state index in [1.807, 2.05) is 79.0 Å². The first-order valence-electron chi connectivity index (χ1n) is 10.3. The molecular weight excluding hydrogens is 422 g/mol. The monoisotopic (exact) mass is 445 g/mol. The van der Waals surface area contributed by atoms with E-state index in [9.17, 15) is 0 Å². The second kappa shape index (κ2) is 10.5. The van der Waals surface area contributed by atoms with E-state index in [0.717, 1.165) is 38.4 Å². The largest absolute Gasteiger partial charge is 0.489 e. The molecule has 0 spiro atoms. The predicted molar refractivity (Wildman–Crippen MR) is 131 cm³/mol. The summed E-state index contributed by atoms with van der Waals surface area (Å²) in [5.74, 6) is 1.05. The Morgan fingerprint density at radius 2 is 1.88 bits per heavy atom. The van der Waals surface area contributed by atoms with E-state index in [0.29, 0.717) is 19.6 Å². The molecule has 0 amide bonds. The topological polar surface area (TPSA) is 87.8 Å². The molecule has 0 atom stereocenters. The van der Waals surface area contributed by atoms with Crippen molar-refractivity contribution in [2.24, 2.45) is 15.8 Å². The molecule has 0 aliphatic carbocycles. The molecule has 4 aromatic rings. The molecule has 4 N–H and O–H groups in total. The van der Waals surface area contributed by atoms with Gasteiger partial charge in [0.15, 0.2) is 0 Å². The number of fused-ring (bicyclic) bond motifs is 1. The highest BCUT2D eigenvalue weighted by molar-refractivity contribution is 6.31. The maximum absolute atomic E-state index is 6.16. The van der Waals surface area contributed by atoms with Crippen molar-refractivity contribution in [3.63, 3.8) is 0 Å². The van der Waals surface area contributed by atoms with Crippen LogP contribution in [0, 0.1) is 0 Å². The molecule has 7 heteroatoms. The second-order valence-electron chi connectivity index (χ2n) is 7.20. The highest BCUT2D eigenvalue weighted by atomic mass is 35.5. The molecule has 162 valence electrons. The zero-order valence-corrected chi connectivity index (χ0v) is 18.2. The number of aromatic nitrogens is 1. The molecule has 0 aliphatic heterocycles. The molecule has 32 heavy (non-hydrogen) atoms. The van der Waals surface area contributed by atoms with Gasteiger partial charge in [0.2, 0.25) is 5.96 Å². The molecule has 0 aliphatic rings. The minimum absolute atomic E-state index is 0.250. The van der Waals surface area contributed by atoms with Crippen LogP contribution in [-0.2, 0) is 13.0 Å². The number of hydrazone groups is 1. The number of benzene rings is 3. The van der Waals surface area contributed by atoms with Crippen molar-refractivity contribution >= 4 is 34.7 Å². The van der Waals surface area contributed by atoms with E-state index in [-0.39, 0.29) is 5.96 Å². The number of aromatic amines is 1. The van der Waals surface area contributed by atoms with Gasteiger partial charge in [-0.05, 0) is 41.8 Å². The number of halogens is 1. The van der Waals surface area contributed by atoms with Crippen LogP contribution in [0.5, 0.6) is 5.75 Å². The van der Waals surface area contributed by atoms with E-state index in [2.05, 4.69) is 20.5 Å². The third-order valence-electron chi connectivity index (χ3n) is 4.94. The summed E-state index contributed by atoms with van der Waals surface area (Å²) in [6.45, 7) is 1.04. The summed E-state index contributed by atoms with van der Waals surface area (Å²) >= 11 is 6.16. The van der Waals surface area contributed by atoms with Crippen molar-refractivity contribution in [1.29, 1.82) is 0 Å². The fraction of sp³-hybridized carbons (Fsp3) is 0.120. The van der Waals surface area contributed by atoms with Crippen LogP contribution in [-0.4, -0.2) is 23.7 Å². The fourth-order valence-corrected chi connectivity index (χ4v) is 3.49. The van der Waals surface area contributed by atoms with Gasteiger partial charge in [0.05, 0.1) is 6.21 Å². The second-order valence-corrected chi connectivity index (χ2v) is 7.61. The quantitative estimate of drug-likeness (QED) is 0.205. The van der Waals surface area contributed by atoms with Gasteiger partial charge < -0.3 is 15.5 Å². The van der Waals surface area contributed by atoms with Gasteiger partial charge in [0.25, 0.3) is 0 Å². The molecular formula is C25H24ClN5O. The highest BCUT2D eigenvalue weighted by Crippen LogP contribution is 2.23. The lowest BCUT2D eigenvalue weighted by molar-refractivity contribution is 0.306. The first-order chi connectivity index (χ1) is 15.7. The average molecular weight is 446 g/mol. The van der Waals surface area contributed by atoms with Crippen LogP contribution < -0.4 is 15.9 Å². The van der Waals surface area contributed by atoms with E-state index in [4.69, 9.17) is 22.1 Å². The maximum atomic E-state index is 6.16. The molecule has 0 bridgehead atoms. The summed E-state index contributed by atoms with van der Waals surface area (Å²) in [6, 6.07) is 23.7. The minimum Gasteiger partial charge on any atom is -0.489 e. The summed E-state index contributed by atoms with van der Waals surface area (Å²) in [5, 5.41) is 5.96. The molecule has 0 unspecified atom stereocenters. The lowest BCUT2D eigenvalue weighted by atomic mass is 10.1. The van der Waals surface area contributed by atoms with Gasteiger partial charge in [0, 0.05) is 34.2 Å². The van der Waals surface area contributed by atoms with E-state index in [1.165, 1.54) is 0 Å². The molecule has 1 aromatic heterocycles. The lowest BCUT2D eigenvalue weighted by Gasteiger charge is -2.06. The lowest BCUT2D eigenvalue weighted by Crippen LogP contribution is -2.27. The number of nitrogens with zero attached hydrogens (tertiary/aromatic N) is 2. The summed E-state index contributed by atoms with van der Waals surface area (Å²) < 4.78 is 5.93. The Hall–Kier alpha value is -3.77. The molecule has 0 radical (unpaired) electrons. The summed E-state index contributed by atoms with van der Waals surface area (Å²) in [6.07, 6.45) is 4.30. The van der Waals surface area contributed by atoms with E-state index < -0.39 is 0 Å². The molecule has 3 aromatic carbocycles. The number of nitrogens with one attached hydrogen (secondary N) is 2. The van der Waals surface area contributed by atoms with Crippen LogP contribution in [0.25, 0.3) is 10.9 Å². The number of nitrogens with two attached hydrogens (primary N) is 1. The Kier molecular flexibility index (Phi) is 7.05. The van der Waals surface area contributed by atoms with Crippen LogP contribution in [0.1, 0.15) is 16.7 Å². The number of hydrogen-bond donors (Lipinski definition) is 3. The number of rotatable bonds is 8. The first-order valence-corrected chi connectivity index (χ1v) is 10.7. The summed E-state index contributed by atoms with van der Waals surface area (Å²) in [5.41, 5.74) is 12.8. The standard InChI is InChI=1S/C25H24ClN5O/c26-23-9-5-4-8-19(23)12-13-28-25(27)31-30-16-20-15-29-24-11-10-21(14-22(20)24)32-17-18-6-2-1-3-7-18/h1-11,14-16,29H,12-13,17H2,(H3,27,28,31)/b30-16+. The van der Waals surface area contributed by atoms with Crippen LogP contribution in [0.2, 0.25) is 5.02 Å². The van der Waals surface area contributed by atoms with Gasteiger partial charge in [-0.25, -0.2) is 5.43 Å². The van der Waals surface area contributed by atoms with E-state index in [1.54, 1.807) is 6.21 Å². The van der Waals surface area contributed by atoms with Crippen LogP contribution in [0.3, 0.4) is 0 Å². The third kappa shape index (κ3) is 5.68. The molecule has 0 fully saturated rings. The molecule has 1 heterocycles.